The fraction of sp³-hybridized carbons (Fsp3) is 0.444. The van der Waals surface area contributed by atoms with Crippen molar-refractivity contribution in [3.05, 3.63) is 56.3 Å². The van der Waals surface area contributed by atoms with Gasteiger partial charge >= 0.3 is 0 Å². The van der Waals surface area contributed by atoms with E-state index in [4.69, 9.17) is 0 Å². The van der Waals surface area contributed by atoms with Gasteiger partial charge < -0.3 is 5.32 Å². The minimum absolute atomic E-state index is 0.327. The van der Waals surface area contributed by atoms with Crippen LogP contribution in [0.25, 0.3) is 0 Å². The molecule has 108 valence electrons. The molecular weight excluding hydrogens is 262 g/mol. The van der Waals surface area contributed by atoms with Gasteiger partial charge in [-0.3, -0.25) is 0 Å². The first-order chi connectivity index (χ1) is 9.52. The lowest BCUT2D eigenvalue weighted by Gasteiger charge is -2.20. The molecule has 0 fully saturated rings. The Balaban J connectivity index is 2.41. The standard InChI is InChI=1S/C18H25NS/c1-6-9-19-18(17-11-13(3)15(5)20-17)16-8-7-12(2)10-14(16)4/h7-8,10-11,18-19H,6,9H2,1-5H3. The Bertz CT molecular complexity index is 564. The maximum absolute atomic E-state index is 3.71. The van der Waals surface area contributed by atoms with Crippen LogP contribution in [0, 0.1) is 27.7 Å². The quantitative estimate of drug-likeness (QED) is 0.809. The second-order valence-corrected chi connectivity index (χ2v) is 6.92. The van der Waals surface area contributed by atoms with Gasteiger partial charge in [-0.2, -0.15) is 0 Å². The minimum atomic E-state index is 0.327. The van der Waals surface area contributed by atoms with E-state index in [0.717, 1.165) is 13.0 Å². The molecule has 1 N–H and O–H groups in total. The molecule has 0 saturated heterocycles. The highest BCUT2D eigenvalue weighted by molar-refractivity contribution is 7.12. The summed E-state index contributed by atoms with van der Waals surface area (Å²) >= 11 is 1.92. The van der Waals surface area contributed by atoms with Crippen molar-refractivity contribution in [2.45, 2.75) is 47.1 Å². The highest BCUT2D eigenvalue weighted by Crippen LogP contribution is 2.32. The topological polar surface area (TPSA) is 12.0 Å². The van der Waals surface area contributed by atoms with Crippen LogP contribution in [-0.2, 0) is 0 Å². The Hall–Kier alpha value is -1.12. The Kier molecular flexibility index (Phi) is 5.00. The summed E-state index contributed by atoms with van der Waals surface area (Å²) in [5.74, 6) is 0. The molecule has 2 heteroatoms. The van der Waals surface area contributed by atoms with Gasteiger partial charge in [0, 0.05) is 9.75 Å². The van der Waals surface area contributed by atoms with E-state index >= 15 is 0 Å². The second kappa shape index (κ2) is 6.55. The second-order valence-electron chi connectivity index (χ2n) is 5.64. The van der Waals surface area contributed by atoms with Crippen LogP contribution in [0.5, 0.6) is 0 Å². The highest BCUT2D eigenvalue weighted by atomic mass is 32.1. The number of benzene rings is 1. The number of thiophene rings is 1. The molecule has 1 aromatic heterocycles. The predicted octanol–water partition coefficient (Wildman–Crippen LogP) is 5.07. The number of rotatable bonds is 5. The fourth-order valence-corrected chi connectivity index (χ4v) is 3.68. The van der Waals surface area contributed by atoms with E-state index in [0.29, 0.717) is 6.04 Å². The van der Waals surface area contributed by atoms with Gasteiger partial charge in [0.1, 0.15) is 0 Å². The molecule has 0 spiro atoms. The molecule has 0 aliphatic heterocycles. The van der Waals surface area contributed by atoms with Gasteiger partial charge in [0.15, 0.2) is 0 Å². The van der Waals surface area contributed by atoms with E-state index in [9.17, 15) is 0 Å². The Morgan fingerprint density at radius 1 is 1.05 bits per heavy atom. The molecule has 20 heavy (non-hydrogen) atoms. The molecular formula is C18H25NS. The molecule has 1 aromatic carbocycles. The third-order valence-corrected chi connectivity index (χ3v) is 5.02. The van der Waals surface area contributed by atoms with E-state index in [1.54, 1.807) is 0 Å². The zero-order chi connectivity index (χ0) is 14.7. The summed E-state index contributed by atoms with van der Waals surface area (Å²) in [7, 11) is 0. The minimum Gasteiger partial charge on any atom is -0.306 e. The summed E-state index contributed by atoms with van der Waals surface area (Å²) in [6.45, 7) is 12.1. The van der Waals surface area contributed by atoms with Crippen molar-refractivity contribution in [1.82, 2.24) is 5.32 Å². The van der Waals surface area contributed by atoms with Crippen molar-refractivity contribution in [1.29, 1.82) is 0 Å². The van der Waals surface area contributed by atoms with Gasteiger partial charge in [-0.05, 0) is 63.4 Å². The van der Waals surface area contributed by atoms with Crippen molar-refractivity contribution in [3.63, 3.8) is 0 Å². The Labute approximate surface area is 127 Å². The van der Waals surface area contributed by atoms with Crippen LogP contribution in [0.4, 0.5) is 0 Å². The van der Waals surface area contributed by atoms with Gasteiger partial charge in [0.25, 0.3) is 0 Å². The first kappa shape index (κ1) is 15.3. The molecule has 0 radical (unpaired) electrons. The normalized spacial score (nSPS) is 12.7. The van der Waals surface area contributed by atoms with Gasteiger partial charge in [-0.25, -0.2) is 0 Å². The van der Waals surface area contributed by atoms with Gasteiger partial charge in [0.2, 0.25) is 0 Å². The molecule has 0 bridgehead atoms. The third-order valence-electron chi connectivity index (χ3n) is 3.80. The molecule has 1 atom stereocenters. The van der Waals surface area contributed by atoms with Crippen molar-refractivity contribution in [2.24, 2.45) is 0 Å². The molecule has 2 aromatic rings. The summed E-state index contributed by atoms with van der Waals surface area (Å²) in [5, 5.41) is 3.71. The molecule has 1 heterocycles. The summed E-state index contributed by atoms with van der Waals surface area (Å²) < 4.78 is 0. The SMILES string of the molecule is CCCNC(c1cc(C)c(C)s1)c1ccc(C)cc1C. The summed E-state index contributed by atoms with van der Waals surface area (Å²) in [6, 6.07) is 9.45. The lowest BCUT2D eigenvalue weighted by molar-refractivity contribution is 0.603. The van der Waals surface area contributed by atoms with Crippen LogP contribution in [0.1, 0.15) is 51.4 Å². The van der Waals surface area contributed by atoms with E-state index in [1.165, 1.54) is 32.0 Å². The summed E-state index contributed by atoms with van der Waals surface area (Å²) in [6.07, 6.45) is 1.16. The molecule has 0 aliphatic carbocycles. The molecule has 0 aliphatic rings. The van der Waals surface area contributed by atoms with Crippen molar-refractivity contribution in [2.75, 3.05) is 6.54 Å². The fourth-order valence-electron chi connectivity index (χ4n) is 2.55. The predicted molar refractivity (Wildman–Crippen MR) is 89.8 cm³/mol. The molecule has 0 amide bonds. The van der Waals surface area contributed by atoms with Crippen LogP contribution in [-0.4, -0.2) is 6.54 Å². The van der Waals surface area contributed by atoms with Gasteiger partial charge in [-0.15, -0.1) is 11.3 Å². The maximum atomic E-state index is 3.71. The van der Waals surface area contributed by atoms with Crippen LogP contribution in [0.3, 0.4) is 0 Å². The number of aryl methyl sites for hydroxylation is 4. The van der Waals surface area contributed by atoms with E-state index in [1.807, 2.05) is 11.3 Å². The zero-order valence-corrected chi connectivity index (χ0v) is 14.0. The zero-order valence-electron chi connectivity index (χ0n) is 13.2. The highest BCUT2D eigenvalue weighted by Gasteiger charge is 2.18. The summed E-state index contributed by atoms with van der Waals surface area (Å²) in [5.41, 5.74) is 5.52. The lowest BCUT2D eigenvalue weighted by Crippen LogP contribution is -2.23. The van der Waals surface area contributed by atoms with Crippen LogP contribution >= 0.6 is 11.3 Å². The van der Waals surface area contributed by atoms with Crippen molar-refractivity contribution >= 4 is 11.3 Å². The van der Waals surface area contributed by atoms with E-state index < -0.39 is 0 Å². The van der Waals surface area contributed by atoms with Crippen LogP contribution in [0.2, 0.25) is 0 Å². The maximum Gasteiger partial charge on any atom is 0.0673 e. The van der Waals surface area contributed by atoms with E-state index in [-0.39, 0.29) is 0 Å². The van der Waals surface area contributed by atoms with E-state index in [2.05, 4.69) is 64.2 Å². The molecule has 1 nitrogen and oxygen atoms in total. The number of nitrogens with one attached hydrogen (secondary N) is 1. The van der Waals surface area contributed by atoms with Crippen molar-refractivity contribution < 1.29 is 0 Å². The molecule has 1 unspecified atom stereocenters. The molecule has 0 saturated carbocycles. The lowest BCUT2D eigenvalue weighted by atomic mass is 9.97. The summed E-state index contributed by atoms with van der Waals surface area (Å²) in [4.78, 5) is 2.86. The smallest absolute Gasteiger partial charge is 0.0673 e. The third kappa shape index (κ3) is 3.31. The van der Waals surface area contributed by atoms with Gasteiger partial charge in [-0.1, -0.05) is 30.7 Å². The Morgan fingerprint density at radius 3 is 2.35 bits per heavy atom. The van der Waals surface area contributed by atoms with Gasteiger partial charge in [0.05, 0.1) is 6.04 Å². The largest absolute Gasteiger partial charge is 0.306 e. The number of hydrogen-bond donors (Lipinski definition) is 1. The first-order valence-electron chi connectivity index (χ1n) is 7.40. The average molecular weight is 287 g/mol. The van der Waals surface area contributed by atoms with Crippen LogP contribution in [0.15, 0.2) is 24.3 Å². The Morgan fingerprint density at radius 2 is 1.80 bits per heavy atom. The van der Waals surface area contributed by atoms with Crippen LogP contribution < -0.4 is 5.32 Å². The average Bonchev–Trinajstić information content (AvgIpc) is 2.72. The number of hydrogen-bond acceptors (Lipinski definition) is 2. The monoisotopic (exact) mass is 287 g/mol. The first-order valence-corrected chi connectivity index (χ1v) is 8.22. The van der Waals surface area contributed by atoms with Crippen molar-refractivity contribution in [3.8, 4) is 0 Å². The molecule has 2 rings (SSSR count).